The number of thiophene rings is 1. The minimum atomic E-state index is 0.434. The largest absolute Gasteiger partial charge is 0.292 e. The Labute approximate surface area is 115 Å². The van der Waals surface area contributed by atoms with Crippen molar-refractivity contribution in [1.29, 1.82) is 0 Å². The molecule has 92 valence electrons. The molecule has 3 N–H and O–H groups in total. The maximum atomic E-state index is 5.40. The molecule has 3 aromatic heterocycles. The zero-order valence-electron chi connectivity index (χ0n) is 9.38. The van der Waals surface area contributed by atoms with E-state index in [2.05, 4.69) is 33.4 Å². The molecule has 0 radical (unpaired) electrons. The Bertz CT molecular complexity index is 676. The summed E-state index contributed by atoms with van der Waals surface area (Å²) in [4.78, 5) is 15.1. The van der Waals surface area contributed by atoms with Crippen LogP contribution in [0.1, 0.15) is 4.88 Å². The molecular formula is C10H9N5S3. The molecule has 3 rings (SSSR count). The van der Waals surface area contributed by atoms with Gasteiger partial charge in [0.25, 0.3) is 0 Å². The van der Waals surface area contributed by atoms with Crippen molar-refractivity contribution in [3.8, 4) is 0 Å². The van der Waals surface area contributed by atoms with Gasteiger partial charge in [-0.25, -0.2) is 20.8 Å². The van der Waals surface area contributed by atoms with E-state index in [4.69, 9.17) is 5.84 Å². The summed E-state index contributed by atoms with van der Waals surface area (Å²) in [5, 5.41) is 3.88. The average Bonchev–Trinajstić information content (AvgIpc) is 2.97. The van der Waals surface area contributed by atoms with E-state index in [0.717, 1.165) is 19.6 Å². The van der Waals surface area contributed by atoms with Crippen LogP contribution in [0.3, 0.4) is 0 Å². The van der Waals surface area contributed by atoms with Crippen LogP contribution in [0.25, 0.3) is 10.2 Å². The van der Waals surface area contributed by atoms with Gasteiger partial charge in [0.1, 0.15) is 9.86 Å². The fourth-order valence-electron chi connectivity index (χ4n) is 1.50. The van der Waals surface area contributed by atoms with Gasteiger partial charge < -0.3 is 0 Å². The molecule has 0 saturated carbocycles. The fraction of sp³-hybridized carbons (Fsp3) is 0.100. The topological polar surface area (TPSA) is 76.7 Å². The smallest absolute Gasteiger partial charge is 0.239 e. The van der Waals surface area contributed by atoms with Crippen molar-refractivity contribution >= 4 is 50.6 Å². The highest BCUT2D eigenvalue weighted by molar-refractivity contribution is 8.01. The summed E-state index contributed by atoms with van der Waals surface area (Å²) in [6, 6.07) is 2.09. The Hall–Kier alpha value is -1.22. The van der Waals surface area contributed by atoms with Gasteiger partial charge in [-0.05, 0) is 24.8 Å². The molecule has 0 aliphatic heterocycles. The van der Waals surface area contributed by atoms with Crippen molar-refractivity contribution in [1.82, 2.24) is 15.0 Å². The first kappa shape index (κ1) is 11.8. The second-order valence-electron chi connectivity index (χ2n) is 3.47. The summed E-state index contributed by atoms with van der Waals surface area (Å²) in [5.41, 5.74) is 2.50. The second-order valence-corrected chi connectivity index (χ2v) is 6.84. The van der Waals surface area contributed by atoms with E-state index in [9.17, 15) is 0 Å². The van der Waals surface area contributed by atoms with Crippen molar-refractivity contribution in [3.05, 3.63) is 22.5 Å². The zero-order chi connectivity index (χ0) is 12.5. The van der Waals surface area contributed by atoms with Crippen LogP contribution in [0.4, 0.5) is 5.95 Å². The van der Waals surface area contributed by atoms with Crippen LogP contribution in [0, 0.1) is 6.92 Å². The molecule has 3 aromatic rings. The molecule has 0 unspecified atom stereocenters. The van der Waals surface area contributed by atoms with Crippen LogP contribution < -0.4 is 11.3 Å². The number of thiazole rings is 1. The minimum Gasteiger partial charge on any atom is -0.292 e. The monoisotopic (exact) mass is 295 g/mol. The number of aryl methyl sites for hydroxylation is 1. The molecule has 0 aromatic carbocycles. The van der Waals surface area contributed by atoms with Crippen molar-refractivity contribution in [2.75, 3.05) is 5.43 Å². The van der Waals surface area contributed by atoms with Crippen molar-refractivity contribution in [2.45, 2.75) is 16.3 Å². The molecule has 5 nitrogen and oxygen atoms in total. The number of hydrogen-bond acceptors (Lipinski definition) is 8. The van der Waals surface area contributed by atoms with E-state index in [0.29, 0.717) is 5.95 Å². The maximum Gasteiger partial charge on any atom is 0.239 e. The summed E-state index contributed by atoms with van der Waals surface area (Å²) in [6.45, 7) is 2.06. The molecule has 0 saturated heterocycles. The van der Waals surface area contributed by atoms with E-state index in [1.165, 1.54) is 16.6 Å². The third-order valence-electron chi connectivity index (χ3n) is 2.20. The number of hydrogen-bond donors (Lipinski definition) is 2. The predicted molar refractivity (Wildman–Crippen MR) is 76.2 cm³/mol. The lowest BCUT2D eigenvalue weighted by molar-refractivity contribution is 1.07. The molecule has 3 heterocycles. The van der Waals surface area contributed by atoms with E-state index >= 15 is 0 Å². The minimum absolute atomic E-state index is 0.434. The van der Waals surface area contributed by atoms with Crippen LogP contribution in [0.15, 0.2) is 27.0 Å². The van der Waals surface area contributed by atoms with E-state index in [1.807, 2.05) is 5.38 Å². The second kappa shape index (κ2) is 4.81. The fourth-order valence-corrected chi connectivity index (χ4v) is 4.08. The number of fused-ring (bicyclic) bond motifs is 1. The molecule has 0 spiro atoms. The van der Waals surface area contributed by atoms with Crippen molar-refractivity contribution < 1.29 is 0 Å². The lowest BCUT2D eigenvalue weighted by Gasteiger charge is -2.02. The molecule has 0 bridgehead atoms. The van der Waals surface area contributed by atoms with Gasteiger partial charge in [0, 0.05) is 21.8 Å². The molecule has 18 heavy (non-hydrogen) atoms. The first-order valence-electron chi connectivity index (χ1n) is 5.08. The van der Waals surface area contributed by atoms with Crippen LogP contribution in [0.5, 0.6) is 0 Å². The normalized spacial score (nSPS) is 11.0. The van der Waals surface area contributed by atoms with Gasteiger partial charge in [0.15, 0.2) is 4.34 Å². The number of aromatic nitrogens is 3. The van der Waals surface area contributed by atoms with Crippen LogP contribution in [-0.2, 0) is 0 Å². The number of anilines is 1. The van der Waals surface area contributed by atoms with Crippen molar-refractivity contribution in [2.24, 2.45) is 5.84 Å². The first-order chi connectivity index (χ1) is 8.76. The van der Waals surface area contributed by atoms with Gasteiger partial charge in [-0.15, -0.1) is 22.7 Å². The van der Waals surface area contributed by atoms with E-state index < -0.39 is 0 Å². The van der Waals surface area contributed by atoms with Gasteiger partial charge in [-0.2, -0.15) is 0 Å². The molecule has 0 fully saturated rings. The Morgan fingerprint density at radius 2 is 2.28 bits per heavy atom. The first-order valence-corrected chi connectivity index (χ1v) is 7.59. The number of nitrogen functional groups attached to an aromatic ring is 1. The highest BCUT2D eigenvalue weighted by atomic mass is 32.2. The summed E-state index contributed by atoms with van der Waals surface area (Å²) in [6.07, 6.45) is 1.78. The molecule has 0 amide bonds. The molecule has 0 atom stereocenters. The summed E-state index contributed by atoms with van der Waals surface area (Å²) in [7, 11) is 0. The van der Waals surface area contributed by atoms with E-state index in [1.54, 1.807) is 28.9 Å². The molecule has 0 aliphatic carbocycles. The van der Waals surface area contributed by atoms with E-state index in [-0.39, 0.29) is 0 Å². The Balaban J connectivity index is 2.13. The number of nitrogens with zero attached hydrogens (tertiary/aromatic N) is 3. The number of nitrogens with one attached hydrogen (secondary N) is 1. The van der Waals surface area contributed by atoms with Gasteiger partial charge in [0.2, 0.25) is 5.95 Å². The number of rotatable bonds is 3. The summed E-state index contributed by atoms with van der Waals surface area (Å²) < 4.78 is 0.960. The summed E-state index contributed by atoms with van der Waals surface area (Å²) >= 11 is 4.76. The van der Waals surface area contributed by atoms with Gasteiger partial charge in [0.05, 0.1) is 0 Å². The summed E-state index contributed by atoms with van der Waals surface area (Å²) in [5.74, 6) is 5.83. The zero-order valence-corrected chi connectivity index (χ0v) is 11.8. The molecule has 0 aliphatic rings. The Kier molecular flexibility index (Phi) is 3.16. The number of hydrazine groups is 1. The lowest BCUT2D eigenvalue weighted by atomic mass is 10.4. The lowest BCUT2D eigenvalue weighted by Crippen LogP contribution is -2.10. The quantitative estimate of drug-likeness (QED) is 0.439. The van der Waals surface area contributed by atoms with Gasteiger partial charge in [-0.3, -0.25) is 5.43 Å². The maximum absolute atomic E-state index is 5.40. The Morgan fingerprint density at radius 3 is 3.00 bits per heavy atom. The third kappa shape index (κ3) is 2.19. The Morgan fingerprint density at radius 1 is 1.39 bits per heavy atom. The third-order valence-corrected chi connectivity index (χ3v) is 5.04. The predicted octanol–water partition coefficient (Wildman–Crippen LogP) is 2.89. The van der Waals surface area contributed by atoms with Crippen LogP contribution in [-0.4, -0.2) is 15.0 Å². The van der Waals surface area contributed by atoms with Crippen LogP contribution in [0.2, 0.25) is 0 Å². The average molecular weight is 295 g/mol. The standard InChI is InChI=1S/C10H9N5S3/c1-5-4-6-7(17-5)13-9(15-11)14-8(6)18-10-12-2-3-16-10/h2-4H,11H2,1H3,(H,13,14,15). The number of nitrogens with two attached hydrogens (primary N) is 1. The highest BCUT2D eigenvalue weighted by Gasteiger charge is 2.12. The molecular weight excluding hydrogens is 286 g/mol. The SMILES string of the molecule is Cc1cc2c(Sc3nccs3)nc(NN)nc2s1. The molecule has 8 heteroatoms. The highest BCUT2D eigenvalue weighted by Crippen LogP contribution is 2.36. The van der Waals surface area contributed by atoms with Gasteiger partial charge in [-0.1, -0.05) is 0 Å². The van der Waals surface area contributed by atoms with Gasteiger partial charge >= 0.3 is 0 Å². The van der Waals surface area contributed by atoms with Crippen LogP contribution >= 0.6 is 34.4 Å². The van der Waals surface area contributed by atoms with Crippen molar-refractivity contribution in [3.63, 3.8) is 0 Å².